The number of rotatable bonds is 3. The van der Waals surface area contributed by atoms with Gasteiger partial charge in [0.2, 0.25) is 0 Å². The van der Waals surface area contributed by atoms with Crippen LogP contribution in [-0.4, -0.2) is 26.4 Å². The van der Waals surface area contributed by atoms with E-state index in [-0.39, 0.29) is 5.56 Å². The SMILES string of the molecule is O=c1[nH]c(-c2cccs2)nc2c1CCN(Cc1ccc(Cl)nc1)C2. The molecule has 1 N–H and O–H groups in total. The Hall–Kier alpha value is -2.02. The van der Waals surface area contributed by atoms with Crippen LogP contribution >= 0.6 is 22.9 Å². The van der Waals surface area contributed by atoms with Crippen LogP contribution in [0.5, 0.6) is 0 Å². The molecule has 1 aliphatic heterocycles. The molecule has 4 rings (SSSR count). The minimum atomic E-state index is -0.0174. The Kier molecular flexibility index (Phi) is 4.18. The normalized spacial score (nSPS) is 14.5. The van der Waals surface area contributed by atoms with Gasteiger partial charge in [-0.1, -0.05) is 23.7 Å². The van der Waals surface area contributed by atoms with Crippen molar-refractivity contribution in [3.63, 3.8) is 0 Å². The van der Waals surface area contributed by atoms with Gasteiger partial charge in [0.25, 0.3) is 5.56 Å². The number of H-pyrrole nitrogens is 1. The average Bonchev–Trinajstić information content (AvgIpc) is 3.11. The summed E-state index contributed by atoms with van der Waals surface area (Å²) in [5.74, 6) is 0.656. The van der Waals surface area contributed by atoms with Gasteiger partial charge in [-0.2, -0.15) is 0 Å². The molecule has 0 spiro atoms. The van der Waals surface area contributed by atoms with E-state index in [0.717, 1.165) is 34.8 Å². The summed E-state index contributed by atoms with van der Waals surface area (Å²) >= 11 is 7.41. The van der Waals surface area contributed by atoms with E-state index in [9.17, 15) is 4.79 Å². The molecule has 7 heteroatoms. The molecular formula is C17H15ClN4OS. The van der Waals surface area contributed by atoms with Crippen LogP contribution in [0.1, 0.15) is 16.8 Å². The fourth-order valence-electron chi connectivity index (χ4n) is 2.92. The van der Waals surface area contributed by atoms with E-state index >= 15 is 0 Å². The highest BCUT2D eigenvalue weighted by atomic mass is 35.5. The fourth-order valence-corrected chi connectivity index (χ4v) is 3.70. The molecule has 3 aromatic heterocycles. The van der Waals surface area contributed by atoms with Crippen LogP contribution in [0.2, 0.25) is 5.15 Å². The molecule has 0 saturated carbocycles. The molecule has 3 aromatic rings. The van der Waals surface area contributed by atoms with Crippen molar-refractivity contribution in [1.82, 2.24) is 19.9 Å². The number of thiophene rings is 1. The van der Waals surface area contributed by atoms with Crippen LogP contribution in [0.3, 0.4) is 0 Å². The molecule has 0 bridgehead atoms. The zero-order valence-electron chi connectivity index (χ0n) is 12.8. The lowest BCUT2D eigenvalue weighted by Gasteiger charge is -2.27. The zero-order chi connectivity index (χ0) is 16.5. The quantitative estimate of drug-likeness (QED) is 0.731. The molecule has 0 radical (unpaired) electrons. The molecule has 24 heavy (non-hydrogen) atoms. The third-order valence-electron chi connectivity index (χ3n) is 4.10. The highest BCUT2D eigenvalue weighted by Gasteiger charge is 2.21. The Bertz CT molecular complexity index is 905. The van der Waals surface area contributed by atoms with Crippen molar-refractivity contribution in [2.24, 2.45) is 0 Å². The van der Waals surface area contributed by atoms with E-state index < -0.39 is 0 Å². The molecule has 4 heterocycles. The lowest BCUT2D eigenvalue weighted by molar-refractivity contribution is 0.240. The molecule has 0 unspecified atom stereocenters. The van der Waals surface area contributed by atoms with E-state index in [1.54, 1.807) is 23.6 Å². The maximum absolute atomic E-state index is 12.3. The number of hydrogen-bond acceptors (Lipinski definition) is 5. The largest absolute Gasteiger partial charge is 0.306 e. The second-order valence-corrected chi connectivity index (χ2v) is 7.10. The Labute approximate surface area is 148 Å². The molecule has 0 amide bonds. The monoisotopic (exact) mass is 358 g/mol. The molecule has 5 nitrogen and oxygen atoms in total. The summed E-state index contributed by atoms with van der Waals surface area (Å²) in [7, 11) is 0. The van der Waals surface area contributed by atoms with E-state index in [2.05, 4.69) is 14.9 Å². The van der Waals surface area contributed by atoms with Crippen molar-refractivity contribution in [1.29, 1.82) is 0 Å². The molecule has 0 atom stereocenters. The Morgan fingerprint density at radius 2 is 2.25 bits per heavy atom. The second kappa shape index (κ2) is 6.47. The highest BCUT2D eigenvalue weighted by molar-refractivity contribution is 7.13. The number of aromatic nitrogens is 3. The van der Waals surface area contributed by atoms with Crippen LogP contribution in [0.4, 0.5) is 0 Å². The molecule has 0 aliphatic carbocycles. The number of aromatic amines is 1. The number of nitrogens with zero attached hydrogens (tertiary/aromatic N) is 3. The summed E-state index contributed by atoms with van der Waals surface area (Å²) in [5.41, 5.74) is 2.76. The topological polar surface area (TPSA) is 61.9 Å². The van der Waals surface area contributed by atoms with Gasteiger partial charge in [-0.25, -0.2) is 9.97 Å². The van der Waals surface area contributed by atoms with E-state index in [1.807, 2.05) is 23.6 Å². The van der Waals surface area contributed by atoms with Gasteiger partial charge < -0.3 is 4.98 Å². The minimum absolute atomic E-state index is 0.0174. The molecule has 122 valence electrons. The number of fused-ring (bicyclic) bond motifs is 1. The van der Waals surface area contributed by atoms with E-state index in [4.69, 9.17) is 16.6 Å². The third-order valence-corrected chi connectivity index (χ3v) is 5.20. The van der Waals surface area contributed by atoms with Gasteiger partial charge >= 0.3 is 0 Å². The van der Waals surface area contributed by atoms with Crippen LogP contribution < -0.4 is 5.56 Å². The van der Waals surface area contributed by atoms with Crippen LogP contribution in [0.25, 0.3) is 10.7 Å². The van der Waals surface area contributed by atoms with Crippen molar-refractivity contribution in [3.8, 4) is 10.7 Å². The van der Waals surface area contributed by atoms with Crippen molar-refractivity contribution in [2.45, 2.75) is 19.5 Å². The maximum Gasteiger partial charge on any atom is 0.254 e. The van der Waals surface area contributed by atoms with Gasteiger partial charge in [-0.05, 0) is 29.5 Å². The molecule has 0 aromatic carbocycles. The summed E-state index contributed by atoms with van der Waals surface area (Å²) in [6.07, 6.45) is 2.50. The summed E-state index contributed by atoms with van der Waals surface area (Å²) in [5, 5.41) is 2.48. The predicted molar refractivity (Wildman–Crippen MR) is 95.2 cm³/mol. The van der Waals surface area contributed by atoms with Crippen LogP contribution in [-0.2, 0) is 19.5 Å². The first-order chi connectivity index (χ1) is 11.7. The van der Waals surface area contributed by atoms with Gasteiger partial charge in [0, 0.05) is 31.4 Å². The van der Waals surface area contributed by atoms with Crippen molar-refractivity contribution in [2.75, 3.05) is 6.54 Å². The highest BCUT2D eigenvalue weighted by Crippen LogP contribution is 2.23. The summed E-state index contributed by atoms with van der Waals surface area (Å²) in [6.45, 7) is 2.27. The molecule has 0 saturated heterocycles. The molecule has 1 aliphatic rings. The number of nitrogens with one attached hydrogen (secondary N) is 1. The third kappa shape index (κ3) is 3.13. The lowest BCUT2D eigenvalue weighted by atomic mass is 10.1. The summed E-state index contributed by atoms with van der Waals surface area (Å²) in [6, 6.07) is 7.70. The predicted octanol–water partition coefficient (Wildman–Crippen LogP) is 3.11. The average molecular weight is 359 g/mol. The van der Waals surface area contributed by atoms with Crippen molar-refractivity contribution >= 4 is 22.9 Å². The Balaban J connectivity index is 1.59. The first-order valence-electron chi connectivity index (χ1n) is 7.68. The number of pyridine rings is 1. The zero-order valence-corrected chi connectivity index (χ0v) is 14.4. The van der Waals surface area contributed by atoms with Gasteiger partial charge in [-0.15, -0.1) is 11.3 Å². The summed E-state index contributed by atoms with van der Waals surface area (Å²) < 4.78 is 0. The lowest BCUT2D eigenvalue weighted by Crippen LogP contribution is -2.35. The van der Waals surface area contributed by atoms with Gasteiger partial charge in [-0.3, -0.25) is 9.69 Å². The first-order valence-corrected chi connectivity index (χ1v) is 8.93. The minimum Gasteiger partial charge on any atom is -0.306 e. The second-order valence-electron chi connectivity index (χ2n) is 5.77. The summed E-state index contributed by atoms with van der Waals surface area (Å²) in [4.78, 5) is 27.3. The number of hydrogen-bond donors (Lipinski definition) is 1. The van der Waals surface area contributed by atoms with Gasteiger partial charge in [0.15, 0.2) is 5.82 Å². The van der Waals surface area contributed by atoms with E-state index in [1.165, 1.54) is 0 Å². The van der Waals surface area contributed by atoms with Crippen molar-refractivity contribution in [3.05, 3.63) is 68.2 Å². The first kappa shape index (κ1) is 15.5. The smallest absolute Gasteiger partial charge is 0.254 e. The van der Waals surface area contributed by atoms with Crippen LogP contribution in [0, 0.1) is 0 Å². The van der Waals surface area contributed by atoms with Gasteiger partial charge in [0.1, 0.15) is 5.15 Å². The Morgan fingerprint density at radius 3 is 3.00 bits per heavy atom. The van der Waals surface area contributed by atoms with Gasteiger partial charge in [0.05, 0.1) is 10.6 Å². The Morgan fingerprint density at radius 1 is 1.33 bits per heavy atom. The molecular weight excluding hydrogens is 344 g/mol. The maximum atomic E-state index is 12.3. The molecule has 0 fully saturated rings. The van der Waals surface area contributed by atoms with Crippen LogP contribution in [0.15, 0.2) is 40.6 Å². The standard InChI is InChI=1S/C17H15ClN4OS/c18-15-4-3-11(8-19-15)9-22-6-5-12-13(10-22)20-16(21-17(12)23)14-2-1-7-24-14/h1-4,7-8H,5-6,9-10H2,(H,20,21,23). The van der Waals surface area contributed by atoms with E-state index in [0.29, 0.717) is 23.9 Å². The number of halogens is 1. The van der Waals surface area contributed by atoms with Crippen molar-refractivity contribution < 1.29 is 0 Å². The fraction of sp³-hybridized carbons (Fsp3) is 0.235.